The fraction of sp³-hybridized carbons (Fsp3) is 0.818. The minimum Gasteiger partial charge on any atom is -0.407 e. The molecule has 0 aromatic carbocycles. The van der Waals surface area contributed by atoms with E-state index in [4.69, 9.17) is 4.42 Å². The SMILES string of the molecule is CCCCN(C)c1nnc(CNC2CC2)o1. The summed E-state index contributed by atoms with van der Waals surface area (Å²) >= 11 is 0. The van der Waals surface area contributed by atoms with Crippen LogP contribution in [0.15, 0.2) is 4.42 Å². The molecule has 0 bridgehead atoms. The van der Waals surface area contributed by atoms with Crippen molar-refractivity contribution >= 4 is 6.01 Å². The van der Waals surface area contributed by atoms with Gasteiger partial charge >= 0.3 is 6.01 Å². The molecule has 0 saturated heterocycles. The second-order valence-electron chi connectivity index (χ2n) is 4.41. The average Bonchev–Trinajstić information content (AvgIpc) is 3.00. The van der Waals surface area contributed by atoms with Crippen molar-refractivity contribution in [2.45, 2.75) is 45.2 Å². The Labute approximate surface area is 96.2 Å². The standard InChI is InChI=1S/C11H20N4O/c1-3-4-7-15(2)11-14-13-10(16-11)8-12-9-5-6-9/h9,12H,3-8H2,1-2H3. The Morgan fingerprint density at radius 3 is 2.94 bits per heavy atom. The summed E-state index contributed by atoms with van der Waals surface area (Å²) in [7, 11) is 1.99. The predicted octanol–water partition coefficient (Wildman–Crippen LogP) is 1.56. The van der Waals surface area contributed by atoms with Crippen LogP contribution in [0.2, 0.25) is 0 Å². The van der Waals surface area contributed by atoms with E-state index in [1.165, 1.54) is 19.3 Å². The van der Waals surface area contributed by atoms with Gasteiger partial charge < -0.3 is 14.6 Å². The summed E-state index contributed by atoms with van der Waals surface area (Å²) in [5.41, 5.74) is 0. The summed E-state index contributed by atoms with van der Waals surface area (Å²) < 4.78 is 5.56. The minimum absolute atomic E-state index is 0.626. The van der Waals surface area contributed by atoms with E-state index in [-0.39, 0.29) is 0 Å². The van der Waals surface area contributed by atoms with E-state index in [9.17, 15) is 0 Å². The molecule has 1 saturated carbocycles. The zero-order valence-electron chi connectivity index (χ0n) is 10.1. The summed E-state index contributed by atoms with van der Waals surface area (Å²) in [6, 6.07) is 1.30. The third kappa shape index (κ3) is 3.20. The maximum absolute atomic E-state index is 5.56. The molecule has 1 heterocycles. The van der Waals surface area contributed by atoms with E-state index < -0.39 is 0 Å². The zero-order chi connectivity index (χ0) is 11.4. The molecule has 1 fully saturated rings. The zero-order valence-corrected chi connectivity index (χ0v) is 10.1. The highest BCUT2D eigenvalue weighted by Gasteiger charge is 2.21. The van der Waals surface area contributed by atoms with Crippen molar-refractivity contribution < 1.29 is 4.42 Å². The quantitative estimate of drug-likeness (QED) is 0.761. The lowest BCUT2D eigenvalue weighted by atomic mass is 10.3. The minimum atomic E-state index is 0.626. The van der Waals surface area contributed by atoms with Crippen LogP contribution < -0.4 is 10.2 Å². The summed E-state index contributed by atoms with van der Waals surface area (Å²) in [5.74, 6) is 0.685. The molecule has 0 spiro atoms. The Kier molecular flexibility index (Phi) is 3.77. The second-order valence-corrected chi connectivity index (χ2v) is 4.41. The van der Waals surface area contributed by atoms with Gasteiger partial charge in [0.25, 0.3) is 0 Å². The molecule has 90 valence electrons. The molecule has 0 radical (unpaired) electrons. The summed E-state index contributed by atoms with van der Waals surface area (Å²) in [5, 5.41) is 11.4. The van der Waals surface area contributed by atoms with E-state index in [0.29, 0.717) is 24.5 Å². The van der Waals surface area contributed by atoms with Gasteiger partial charge in [0.1, 0.15) is 0 Å². The lowest BCUT2D eigenvalue weighted by Crippen LogP contribution is -2.18. The van der Waals surface area contributed by atoms with Crippen molar-refractivity contribution in [3.63, 3.8) is 0 Å². The van der Waals surface area contributed by atoms with Gasteiger partial charge in [-0.2, -0.15) is 0 Å². The highest BCUT2D eigenvalue weighted by Crippen LogP contribution is 2.19. The van der Waals surface area contributed by atoms with Gasteiger partial charge in [-0.15, -0.1) is 5.10 Å². The Morgan fingerprint density at radius 1 is 1.44 bits per heavy atom. The molecule has 2 rings (SSSR count). The third-order valence-corrected chi connectivity index (χ3v) is 2.75. The van der Waals surface area contributed by atoms with Crippen molar-refractivity contribution in [3.05, 3.63) is 5.89 Å². The van der Waals surface area contributed by atoms with Gasteiger partial charge in [0.15, 0.2) is 0 Å². The predicted molar refractivity (Wildman–Crippen MR) is 62.3 cm³/mol. The second kappa shape index (κ2) is 5.30. The van der Waals surface area contributed by atoms with Gasteiger partial charge in [-0.3, -0.25) is 0 Å². The Hall–Kier alpha value is -1.10. The number of unbranched alkanes of at least 4 members (excludes halogenated alkanes) is 1. The number of hydrogen-bond acceptors (Lipinski definition) is 5. The van der Waals surface area contributed by atoms with Gasteiger partial charge in [-0.1, -0.05) is 18.4 Å². The van der Waals surface area contributed by atoms with Crippen LogP contribution in [-0.4, -0.2) is 29.8 Å². The normalized spacial score (nSPS) is 15.4. The molecule has 1 aromatic heterocycles. The van der Waals surface area contributed by atoms with E-state index in [1.54, 1.807) is 0 Å². The summed E-state index contributed by atoms with van der Waals surface area (Å²) in [4.78, 5) is 2.01. The fourth-order valence-electron chi connectivity index (χ4n) is 1.48. The fourth-order valence-corrected chi connectivity index (χ4v) is 1.48. The van der Waals surface area contributed by atoms with Crippen LogP contribution in [0.5, 0.6) is 0 Å². The van der Waals surface area contributed by atoms with Crippen LogP contribution in [0.25, 0.3) is 0 Å². The van der Waals surface area contributed by atoms with Gasteiger partial charge in [0.2, 0.25) is 5.89 Å². The number of nitrogens with one attached hydrogen (secondary N) is 1. The molecule has 5 heteroatoms. The third-order valence-electron chi connectivity index (χ3n) is 2.75. The van der Waals surface area contributed by atoms with Crippen LogP contribution >= 0.6 is 0 Å². The lowest BCUT2D eigenvalue weighted by molar-refractivity contribution is 0.463. The highest BCUT2D eigenvalue weighted by atomic mass is 16.4. The molecule has 16 heavy (non-hydrogen) atoms. The Balaban J connectivity index is 1.80. The highest BCUT2D eigenvalue weighted by molar-refractivity contribution is 5.21. The number of nitrogens with zero attached hydrogens (tertiary/aromatic N) is 3. The molecule has 0 amide bonds. The number of anilines is 1. The van der Waals surface area contributed by atoms with Crippen molar-refractivity contribution in [2.75, 3.05) is 18.5 Å². The molecule has 0 unspecified atom stereocenters. The molecule has 0 aliphatic heterocycles. The number of rotatable bonds is 7. The maximum atomic E-state index is 5.56. The Bertz CT molecular complexity index is 322. The van der Waals surface area contributed by atoms with Crippen LogP contribution in [0.4, 0.5) is 6.01 Å². The molecule has 1 N–H and O–H groups in total. The number of hydrogen-bond donors (Lipinski definition) is 1. The van der Waals surface area contributed by atoms with E-state index in [1.807, 2.05) is 11.9 Å². The van der Waals surface area contributed by atoms with Crippen molar-refractivity contribution in [3.8, 4) is 0 Å². The summed E-state index contributed by atoms with van der Waals surface area (Å²) in [6.45, 7) is 3.83. The van der Waals surface area contributed by atoms with E-state index >= 15 is 0 Å². The summed E-state index contributed by atoms with van der Waals surface area (Å²) in [6.07, 6.45) is 4.87. The molecular formula is C11H20N4O. The van der Waals surface area contributed by atoms with Crippen LogP contribution in [0, 0.1) is 0 Å². The number of aromatic nitrogens is 2. The first-order valence-electron chi connectivity index (χ1n) is 6.06. The molecular weight excluding hydrogens is 204 g/mol. The van der Waals surface area contributed by atoms with E-state index in [0.717, 1.165) is 13.0 Å². The largest absolute Gasteiger partial charge is 0.407 e. The topological polar surface area (TPSA) is 54.2 Å². The van der Waals surface area contributed by atoms with Gasteiger partial charge in [0, 0.05) is 19.6 Å². The first kappa shape index (κ1) is 11.4. The van der Waals surface area contributed by atoms with E-state index in [2.05, 4.69) is 22.4 Å². The average molecular weight is 224 g/mol. The van der Waals surface area contributed by atoms with Crippen molar-refractivity contribution in [1.29, 1.82) is 0 Å². The van der Waals surface area contributed by atoms with Gasteiger partial charge in [-0.25, -0.2) is 0 Å². The smallest absolute Gasteiger partial charge is 0.317 e. The Morgan fingerprint density at radius 2 is 2.25 bits per heavy atom. The van der Waals surface area contributed by atoms with Gasteiger partial charge in [-0.05, 0) is 19.3 Å². The van der Waals surface area contributed by atoms with Crippen LogP contribution in [0.1, 0.15) is 38.5 Å². The molecule has 5 nitrogen and oxygen atoms in total. The molecule has 1 aliphatic carbocycles. The maximum Gasteiger partial charge on any atom is 0.317 e. The van der Waals surface area contributed by atoms with Crippen LogP contribution in [0.3, 0.4) is 0 Å². The lowest BCUT2D eigenvalue weighted by Gasteiger charge is -2.12. The van der Waals surface area contributed by atoms with Crippen molar-refractivity contribution in [2.24, 2.45) is 0 Å². The molecule has 0 atom stereocenters. The van der Waals surface area contributed by atoms with Crippen molar-refractivity contribution in [1.82, 2.24) is 15.5 Å². The van der Waals surface area contributed by atoms with Gasteiger partial charge in [0.05, 0.1) is 6.54 Å². The first-order chi connectivity index (χ1) is 7.79. The first-order valence-corrected chi connectivity index (χ1v) is 6.06. The molecule has 1 aliphatic rings. The van der Waals surface area contributed by atoms with Crippen LogP contribution in [-0.2, 0) is 6.54 Å². The molecule has 1 aromatic rings. The monoisotopic (exact) mass is 224 g/mol.